The summed E-state index contributed by atoms with van der Waals surface area (Å²) in [7, 11) is 0. The molecule has 3 N–H and O–H groups in total. The van der Waals surface area contributed by atoms with Crippen LogP contribution in [-0.4, -0.2) is 75.9 Å². The third kappa shape index (κ3) is 5.86. The van der Waals surface area contributed by atoms with Crippen LogP contribution in [0, 0.1) is 17.8 Å². The molecule has 11 atom stereocenters. The Kier molecular flexibility index (Phi) is 9.06. The molecule has 5 aliphatic rings. The summed E-state index contributed by atoms with van der Waals surface area (Å²) >= 11 is 0. The van der Waals surface area contributed by atoms with Crippen LogP contribution in [0.1, 0.15) is 73.6 Å². The Balaban J connectivity index is 1.53. The van der Waals surface area contributed by atoms with Gasteiger partial charge in [-0.15, -0.1) is 0 Å². The SMILES string of the molecule is C/C=C(\C)[C@H]1OC2(CC3CC(C/C=C(\C)C[C@@H](C)/C=C/C=C4\COC5[C@H](O)C(C)=CC(C(=O)O3)[C@]45O)O2)C[C@H](O)[C@@H]1C. The third-order valence-electron chi connectivity index (χ3n) is 9.97. The van der Waals surface area contributed by atoms with Gasteiger partial charge in [-0.25, -0.2) is 0 Å². The summed E-state index contributed by atoms with van der Waals surface area (Å²) in [6.45, 7) is 12.0. The number of carbonyl (C=O) groups excluding carboxylic acids is 1. The number of carbonyl (C=O) groups is 1. The lowest BCUT2D eigenvalue weighted by atomic mass is 9.71. The highest BCUT2D eigenvalue weighted by molar-refractivity contribution is 5.78. The Morgan fingerprint density at radius 1 is 1.12 bits per heavy atom. The van der Waals surface area contributed by atoms with Gasteiger partial charge in [-0.1, -0.05) is 55.9 Å². The van der Waals surface area contributed by atoms with Crippen molar-refractivity contribution in [2.45, 2.75) is 122 Å². The first-order valence-corrected chi connectivity index (χ1v) is 15.5. The molecule has 4 heterocycles. The van der Waals surface area contributed by atoms with Crippen molar-refractivity contribution in [2.75, 3.05) is 6.61 Å². The molecule has 232 valence electrons. The molecule has 5 unspecified atom stereocenters. The maximum absolute atomic E-state index is 14.0. The van der Waals surface area contributed by atoms with Gasteiger partial charge in [0.15, 0.2) is 5.79 Å². The van der Waals surface area contributed by atoms with E-state index in [2.05, 4.69) is 26.0 Å². The highest BCUT2D eigenvalue weighted by Gasteiger charge is 2.60. The van der Waals surface area contributed by atoms with E-state index in [-0.39, 0.29) is 43.5 Å². The van der Waals surface area contributed by atoms with Gasteiger partial charge in [-0.05, 0) is 63.2 Å². The van der Waals surface area contributed by atoms with E-state index in [0.717, 1.165) is 12.0 Å². The Morgan fingerprint density at radius 3 is 2.62 bits per heavy atom. The van der Waals surface area contributed by atoms with E-state index in [1.807, 2.05) is 39.0 Å². The molecular weight excluding hydrogens is 536 g/mol. The van der Waals surface area contributed by atoms with Gasteiger partial charge < -0.3 is 34.3 Å². The van der Waals surface area contributed by atoms with Crippen LogP contribution >= 0.6 is 0 Å². The number of aliphatic hydroxyl groups excluding tert-OH is 2. The summed E-state index contributed by atoms with van der Waals surface area (Å²) in [5, 5.41) is 34.1. The van der Waals surface area contributed by atoms with Crippen LogP contribution in [0.25, 0.3) is 0 Å². The summed E-state index contributed by atoms with van der Waals surface area (Å²) in [6.07, 6.45) is 10.3. The van der Waals surface area contributed by atoms with E-state index in [9.17, 15) is 20.1 Å². The molecule has 0 amide bonds. The van der Waals surface area contributed by atoms with Gasteiger partial charge in [-0.2, -0.15) is 0 Å². The van der Waals surface area contributed by atoms with Crippen molar-refractivity contribution in [1.82, 2.24) is 0 Å². The minimum Gasteiger partial charge on any atom is -0.462 e. The van der Waals surface area contributed by atoms with Crippen molar-refractivity contribution < 1.29 is 39.1 Å². The summed E-state index contributed by atoms with van der Waals surface area (Å²) in [5.41, 5.74) is 1.61. The van der Waals surface area contributed by atoms with E-state index in [0.29, 0.717) is 24.0 Å². The fraction of sp³-hybridized carbons (Fsp3) is 0.676. The fourth-order valence-electron chi connectivity index (χ4n) is 7.39. The van der Waals surface area contributed by atoms with E-state index in [4.69, 9.17) is 18.9 Å². The van der Waals surface area contributed by atoms with Gasteiger partial charge in [0.2, 0.25) is 0 Å². The molecule has 0 saturated carbocycles. The Labute approximate surface area is 249 Å². The number of fused-ring (bicyclic) bond motifs is 2. The van der Waals surface area contributed by atoms with Crippen molar-refractivity contribution >= 4 is 5.97 Å². The van der Waals surface area contributed by atoms with Gasteiger partial charge in [0, 0.05) is 25.2 Å². The zero-order chi connectivity index (χ0) is 30.4. The van der Waals surface area contributed by atoms with Crippen LogP contribution in [0.2, 0.25) is 0 Å². The first-order chi connectivity index (χ1) is 19.9. The average Bonchev–Trinajstić information content (AvgIpc) is 3.27. The number of rotatable bonds is 1. The molecule has 8 heteroatoms. The van der Waals surface area contributed by atoms with Gasteiger partial charge >= 0.3 is 5.97 Å². The van der Waals surface area contributed by atoms with E-state index in [1.54, 1.807) is 13.0 Å². The number of esters is 1. The Morgan fingerprint density at radius 2 is 1.88 bits per heavy atom. The summed E-state index contributed by atoms with van der Waals surface area (Å²) in [4.78, 5) is 14.0. The lowest BCUT2D eigenvalue weighted by Gasteiger charge is -2.51. The minimum atomic E-state index is -1.74. The molecule has 2 bridgehead atoms. The smallest absolute Gasteiger partial charge is 0.316 e. The molecule has 0 aromatic heterocycles. The van der Waals surface area contributed by atoms with Crippen molar-refractivity contribution in [3.63, 3.8) is 0 Å². The van der Waals surface area contributed by atoms with E-state index < -0.39 is 47.7 Å². The van der Waals surface area contributed by atoms with Crippen molar-refractivity contribution in [3.8, 4) is 0 Å². The van der Waals surface area contributed by atoms with Crippen molar-refractivity contribution in [1.29, 1.82) is 0 Å². The zero-order valence-electron chi connectivity index (χ0n) is 25.8. The summed E-state index contributed by atoms with van der Waals surface area (Å²) < 4.78 is 25.5. The molecular formula is C34H48O8. The number of allylic oxidation sites excluding steroid dienone is 5. The highest BCUT2D eigenvalue weighted by Crippen LogP contribution is 2.47. The average molecular weight is 585 g/mol. The largest absolute Gasteiger partial charge is 0.462 e. The van der Waals surface area contributed by atoms with E-state index in [1.165, 1.54) is 5.57 Å². The highest BCUT2D eigenvalue weighted by atomic mass is 16.7. The molecule has 3 fully saturated rings. The lowest BCUT2D eigenvalue weighted by molar-refractivity contribution is -0.342. The van der Waals surface area contributed by atoms with Gasteiger partial charge in [-0.3, -0.25) is 4.79 Å². The third-order valence-corrected chi connectivity index (χ3v) is 9.97. The van der Waals surface area contributed by atoms with Gasteiger partial charge in [0.1, 0.15) is 29.8 Å². The maximum Gasteiger partial charge on any atom is 0.316 e. The number of aliphatic hydroxyl groups is 3. The van der Waals surface area contributed by atoms with E-state index >= 15 is 0 Å². The first kappa shape index (κ1) is 31.4. The van der Waals surface area contributed by atoms with Crippen LogP contribution in [0.4, 0.5) is 0 Å². The van der Waals surface area contributed by atoms with Gasteiger partial charge in [0.25, 0.3) is 0 Å². The molecule has 3 saturated heterocycles. The van der Waals surface area contributed by atoms with Crippen LogP contribution in [0.15, 0.2) is 58.7 Å². The Bertz CT molecular complexity index is 1200. The molecule has 5 rings (SSSR count). The topological polar surface area (TPSA) is 115 Å². The van der Waals surface area contributed by atoms with Gasteiger partial charge in [0.05, 0.1) is 24.9 Å². The second-order valence-electron chi connectivity index (χ2n) is 13.3. The normalized spacial score (nSPS) is 48.3. The second kappa shape index (κ2) is 12.1. The van der Waals surface area contributed by atoms with Crippen LogP contribution < -0.4 is 0 Å². The predicted molar refractivity (Wildman–Crippen MR) is 158 cm³/mol. The number of hydrogen-bond acceptors (Lipinski definition) is 8. The van der Waals surface area contributed by atoms with Crippen LogP contribution in [-0.2, 0) is 23.7 Å². The monoisotopic (exact) mass is 584 g/mol. The predicted octanol–water partition coefficient (Wildman–Crippen LogP) is 4.45. The molecule has 4 aliphatic heterocycles. The number of ether oxygens (including phenoxy) is 4. The lowest BCUT2D eigenvalue weighted by Crippen LogP contribution is -2.59. The van der Waals surface area contributed by atoms with Crippen LogP contribution in [0.5, 0.6) is 0 Å². The Hall–Kier alpha value is -2.07. The molecule has 8 nitrogen and oxygen atoms in total. The summed E-state index contributed by atoms with van der Waals surface area (Å²) in [6, 6.07) is 0. The quantitative estimate of drug-likeness (QED) is 0.306. The summed E-state index contributed by atoms with van der Waals surface area (Å²) in [5.74, 6) is -2.61. The molecule has 1 aliphatic carbocycles. The van der Waals surface area contributed by atoms with Crippen LogP contribution in [0.3, 0.4) is 0 Å². The first-order valence-electron chi connectivity index (χ1n) is 15.5. The molecule has 1 spiro atoms. The molecule has 0 radical (unpaired) electrons. The minimum absolute atomic E-state index is 0.110. The maximum atomic E-state index is 14.0. The second-order valence-corrected chi connectivity index (χ2v) is 13.3. The van der Waals surface area contributed by atoms with Crippen molar-refractivity contribution in [2.24, 2.45) is 17.8 Å². The molecule has 42 heavy (non-hydrogen) atoms. The molecule has 0 aromatic rings. The zero-order valence-corrected chi connectivity index (χ0v) is 25.8. The number of hydrogen-bond donors (Lipinski definition) is 3. The molecule has 0 aromatic carbocycles. The standard InChI is InChI=1S/C34H48O8/c1-7-21(4)30-23(6)28(35)17-33(42-30)16-26-15-25(41-33)12-11-20(3)13-19(2)9-8-10-24-18-39-31-29(36)22(5)14-27(32(37)40-26)34(24,31)38/h7-11,14,19,23,25-31,35-36,38H,12-13,15-18H2,1-6H3/b9-8+,20-11+,21-7+,24-10+/t19-,23-,25?,26?,27?,28-,29+,30+,31?,33?,34+/m0/s1. The van der Waals surface area contributed by atoms with Crippen molar-refractivity contribution in [3.05, 3.63) is 58.7 Å². The fourth-order valence-corrected chi connectivity index (χ4v) is 7.39.